The number of aliphatic hydroxyl groups excluding tert-OH is 1. The van der Waals surface area contributed by atoms with Gasteiger partial charge in [0.15, 0.2) is 0 Å². The van der Waals surface area contributed by atoms with Crippen molar-refractivity contribution in [2.45, 2.75) is 38.8 Å². The summed E-state index contributed by atoms with van der Waals surface area (Å²) in [5.41, 5.74) is 1.71. The van der Waals surface area contributed by atoms with Crippen LogP contribution in [0.5, 0.6) is 0 Å². The Morgan fingerprint density at radius 2 is 2.21 bits per heavy atom. The third-order valence-electron chi connectivity index (χ3n) is 4.36. The summed E-state index contributed by atoms with van der Waals surface area (Å²) in [5.74, 6) is 0.819. The summed E-state index contributed by atoms with van der Waals surface area (Å²) >= 11 is 0. The molecule has 3 heterocycles. The molecule has 0 aromatic carbocycles. The van der Waals surface area contributed by atoms with Crippen LogP contribution in [0.2, 0.25) is 0 Å². The summed E-state index contributed by atoms with van der Waals surface area (Å²) in [6.45, 7) is 6.37. The Morgan fingerprint density at radius 1 is 1.32 bits per heavy atom. The van der Waals surface area contributed by atoms with E-state index in [1.807, 2.05) is 6.92 Å². The molecule has 1 unspecified atom stereocenters. The molecule has 5 heteroatoms. The molecule has 19 heavy (non-hydrogen) atoms. The van der Waals surface area contributed by atoms with Gasteiger partial charge >= 0.3 is 0 Å². The monoisotopic (exact) mass is 262 g/mol. The van der Waals surface area contributed by atoms with Gasteiger partial charge in [-0.1, -0.05) is 6.42 Å². The molecule has 1 atom stereocenters. The number of aryl methyl sites for hydroxylation is 1. The molecule has 1 aromatic rings. The van der Waals surface area contributed by atoms with Crippen LogP contribution in [0, 0.1) is 6.92 Å². The van der Waals surface area contributed by atoms with Crippen molar-refractivity contribution in [3.05, 3.63) is 17.5 Å². The van der Waals surface area contributed by atoms with E-state index in [-0.39, 0.29) is 6.61 Å². The van der Waals surface area contributed by atoms with Crippen molar-refractivity contribution in [2.24, 2.45) is 0 Å². The lowest BCUT2D eigenvalue weighted by Crippen LogP contribution is -2.55. The Hall–Kier alpha value is -1.20. The fourth-order valence-electron chi connectivity index (χ4n) is 3.12. The second-order valence-corrected chi connectivity index (χ2v) is 5.57. The molecule has 1 aromatic heterocycles. The molecule has 0 spiro atoms. The van der Waals surface area contributed by atoms with Crippen molar-refractivity contribution >= 4 is 5.95 Å². The molecule has 0 bridgehead atoms. The zero-order chi connectivity index (χ0) is 13.2. The highest BCUT2D eigenvalue weighted by Gasteiger charge is 2.29. The molecule has 5 nitrogen and oxygen atoms in total. The Labute approximate surface area is 114 Å². The maximum atomic E-state index is 9.17. The summed E-state index contributed by atoms with van der Waals surface area (Å²) in [5, 5.41) is 9.17. The highest BCUT2D eigenvalue weighted by molar-refractivity contribution is 5.34. The molecular formula is C14H22N4O. The lowest BCUT2D eigenvalue weighted by atomic mass is 10.00. The number of aliphatic hydroxyl groups is 1. The second kappa shape index (κ2) is 5.43. The largest absolute Gasteiger partial charge is 0.392 e. The number of piperidine rings is 1. The van der Waals surface area contributed by atoms with Gasteiger partial charge in [0.05, 0.1) is 6.61 Å². The Bertz CT molecular complexity index is 451. The third-order valence-corrected chi connectivity index (χ3v) is 4.36. The van der Waals surface area contributed by atoms with E-state index in [2.05, 4.69) is 19.8 Å². The number of anilines is 1. The fourth-order valence-corrected chi connectivity index (χ4v) is 3.12. The van der Waals surface area contributed by atoms with Crippen LogP contribution in [0.1, 0.15) is 30.5 Å². The summed E-state index contributed by atoms with van der Waals surface area (Å²) in [6, 6.07) is 0.670. The minimum absolute atomic E-state index is 0.0164. The normalized spacial score (nSPS) is 24.3. The third kappa shape index (κ3) is 2.58. The Balaban J connectivity index is 1.74. The van der Waals surface area contributed by atoms with E-state index in [1.165, 1.54) is 25.8 Å². The number of aromatic nitrogens is 2. The lowest BCUT2D eigenvalue weighted by molar-refractivity contribution is 0.132. The first-order valence-corrected chi connectivity index (χ1v) is 7.20. The number of rotatable bonds is 2. The van der Waals surface area contributed by atoms with Gasteiger partial charge < -0.3 is 10.0 Å². The van der Waals surface area contributed by atoms with E-state index in [4.69, 9.17) is 0 Å². The van der Waals surface area contributed by atoms with E-state index < -0.39 is 0 Å². The van der Waals surface area contributed by atoms with Crippen molar-refractivity contribution < 1.29 is 5.11 Å². The average molecular weight is 262 g/mol. The molecule has 2 aliphatic heterocycles. The number of hydrogen-bond donors (Lipinski definition) is 1. The molecule has 3 rings (SSSR count). The minimum atomic E-state index is 0.0164. The van der Waals surface area contributed by atoms with Crippen LogP contribution in [-0.2, 0) is 6.61 Å². The highest BCUT2D eigenvalue weighted by atomic mass is 16.3. The molecular weight excluding hydrogens is 240 g/mol. The number of nitrogens with zero attached hydrogens (tertiary/aromatic N) is 4. The molecule has 104 valence electrons. The van der Waals surface area contributed by atoms with Crippen LogP contribution >= 0.6 is 0 Å². The predicted molar refractivity (Wildman–Crippen MR) is 74.1 cm³/mol. The maximum Gasteiger partial charge on any atom is 0.225 e. The van der Waals surface area contributed by atoms with Crippen LogP contribution in [0.25, 0.3) is 0 Å². The summed E-state index contributed by atoms with van der Waals surface area (Å²) in [4.78, 5) is 13.8. The van der Waals surface area contributed by atoms with Gasteiger partial charge in [-0.25, -0.2) is 9.97 Å². The van der Waals surface area contributed by atoms with E-state index in [1.54, 1.807) is 6.20 Å². The molecule has 1 N–H and O–H groups in total. The smallest absolute Gasteiger partial charge is 0.225 e. The zero-order valence-electron chi connectivity index (χ0n) is 11.5. The van der Waals surface area contributed by atoms with Crippen LogP contribution < -0.4 is 4.90 Å². The molecule has 2 saturated heterocycles. The molecule has 0 aliphatic carbocycles. The molecule has 0 saturated carbocycles. The number of piperazine rings is 1. The fraction of sp³-hybridized carbons (Fsp3) is 0.714. The quantitative estimate of drug-likeness (QED) is 0.860. The van der Waals surface area contributed by atoms with Gasteiger partial charge in [0.1, 0.15) is 0 Å². The van der Waals surface area contributed by atoms with Crippen LogP contribution in [0.3, 0.4) is 0 Å². The standard InChI is InChI=1S/C14H22N4O/c1-11-12(10-19)8-15-14(16-11)18-7-6-17-5-3-2-4-13(17)9-18/h8,13,19H,2-7,9-10H2,1H3. The predicted octanol–water partition coefficient (Wildman–Crippen LogP) is 0.952. The van der Waals surface area contributed by atoms with Gasteiger partial charge in [0.25, 0.3) is 0 Å². The lowest BCUT2D eigenvalue weighted by Gasteiger charge is -2.44. The van der Waals surface area contributed by atoms with Gasteiger partial charge in [-0.2, -0.15) is 0 Å². The van der Waals surface area contributed by atoms with Gasteiger partial charge in [0.2, 0.25) is 5.95 Å². The average Bonchev–Trinajstić information content (AvgIpc) is 2.46. The minimum Gasteiger partial charge on any atom is -0.392 e. The van der Waals surface area contributed by atoms with Gasteiger partial charge in [-0.05, 0) is 26.3 Å². The van der Waals surface area contributed by atoms with Crippen molar-refractivity contribution in [3.8, 4) is 0 Å². The Kier molecular flexibility index (Phi) is 3.66. The molecule has 0 radical (unpaired) electrons. The van der Waals surface area contributed by atoms with E-state index in [0.717, 1.165) is 36.8 Å². The zero-order valence-corrected chi connectivity index (χ0v) is 11.5. The summed E-state index contributed by atoms with van der Waals surface area (Å²) < 4.78 is 0. The maximum absolute atomic E-state index is 9.17. The van der Waals surface area contributed by atoms with Crippen LogP contribution in [0.15, 0.2) is 6.20 Å². The van der Waals surface area contributed by atoms with Gasteiger partial charge in [-0.15, -0.1) is 0 Å². The van der Waals surface area contributed by atoms with E-state index in [0.29, 0.717) is 6.04 Å². The molecule has 0 amide bonds. The van der Waals surface area contributed by atoms with Crippen molar-refractivity contribution in [2.75, 3.05) is 31.1 Å². The van der Waals surface area contributed by atoms with Gasteiger partial charge in [-0.3, -0.25) is 4.90 Å². The first-order valence-electron chi connectivity index (χ1n) is 7.20. The SMILES string of the molecule is Cc1nc(N2CCN3CCCCC3C2)ncc1CO. The number of hydrogen-bond acceptors (Lipinski definition) is 5. The first-order chi connectivity index (χ1) is 9.28. The van der Waals surface area contributed by atoms with Crippen molar-refractivity contribution in [3.63, 3.8) is 0 Å². The van der Waals surface area contributed by atoms with Crippen molar-refractivity contribution in [1.29, 1.82) is 0 Å². The first kappa shape index (κ1) is 12.8. The Morgan fingerprint density at radius 3 is 3.00 bits per heavy atom. The summed E-state index contributed by atoms with van der Waals surface area (Å²) in [7, 11) is 0. The summed E-state index contributed by atoms with van der Waals surface area (Å²) in [6.07, 6.45) is 5.74. The van der Waals surface area contributed by atoms with Gasteiger partial charge in [0, 0.05) is 43.1 Å². The molecule has 2 aliphatic rings. The highest BCUT2D eigenvalue weighted by Crippen LogP contribution is 2.23. The van der Waals surface area contributed by atoms with Crippen LogP contribution in [-0.4, -0.2) is 52.2 Å². The second-order valence-electron chi connectivity index (χ2n) is 5.57. The van der Waals surface area contributed by atoms with Crippen molar-refractivity contribution in [1.82, 2.24) is 14.9 Å². The number of fused-ring (bicyclic) bond motifs is 1. The van der Waals surface area contributed by atoms with Crippen LogP contribution in [0.4, 0.5) is 5.95 Å². The topological polar surface area (TPSA) is 52.5 Å². The van der Waals surface area contributed by atoms with E-state index >= 15 is 0 Å². The van der Waals surface area contributed by atoms with E-state index in [9.17, 15) is 5.11 Å². The molecule has 2 fully saturated rings.